The van der Waals surface area contributed by atoms with Crippen molar-refractivity contribution in [1.29, 1.82) is 5.26 Å². The molecule has 0 radical (unpaired) electrons. The molecule has 0 saturated heterocycles. The van der Waals surface area contributed by atoms with Gasteiger partial charge < -0.3 is 11.1 Å². The van der Waals surface area contributed by atoms with Crippen molar-refractivity contribution in [2.45, 2.75) is 13.5 Å². The minimum atomic E-state index is 0.565. The summed E-state index contributed by atoms with van der Waals surface area (Å²) in [6.07, 6.45) is 1.84. The van der Waals surface area contributed by atoms with E-state index in [0.29, 0.717) is 17.8 Å². The van der Waals surface area contributed by atoms with Crippen LogP contribution < -0.4 is 11.1 Å². The van der Waals surface area contributed by atoms with Crippen molar-refractivity contribution >= 4 is 11.4 Å². The normalized spacial score (nSPS) is 9.78. The quantitative estimate of drug-likeness (QED) is 0.805. The minimum Gasteiger partial charge on any atom is -0.397 e. The second-order valence-corrected chi connectivity index (χ2v) is 4.08. The van der Waals surface area contributed by atoms with E-state index in [1.807, 2.05) is 31.3 Å². The van der Waals surface area contributed by atoms with Crippen molar-refractivity contribution in [3.8, 4) is 6.07 Å². The Balaban J connectivity index is 2.06. The highest BCUT2D eigenvalue weighted by atomic mass is 14.9. The molecule has 3 N–H and O–H groups in total. The molecule has 1 aromatic heterocycles. The van der Waals surface area contributed by atoms with Crippen LogP contribution in [0.4, 0.5) is 11.4 Å². The van der Waals surface area contributed by atoms with Crippen LogP contribution in [0.25, 0.3) is 0 Å². The molecule has 4 nitrogen and oxygen atoms in total. The number of rotatable bonds is 3. The molecule has 2 rings (SSSR count). The van der Waals surface area contributed by atoms with Crippen molar-refractivity contribution in [2.75, 3.05) is 11.1 Å². The van der Waals surface area contributed by atoms with Crippen LogP contribution in [0.1, 0.15) is 16.8 Å². The Morgan fingerprint density at radius 2 is 2.17 bits per heavy atom. The second-order valence-electron chi connectivity index (χ2n) is 4.08. The van der Waals surface area contributed by atoms with E-state index in [0.717, 1.165) is 16.9 Å². The van der Waals surface area contributed by atoms with Gasteiger partial charge in [-0.05, 0) is 36.8 Å². The van der Waals surface area contributed by atoms with Crippen LogP contribution in [0.15, 0.2) is 36.5 Å². The Hall–Kier alpha value is -2.54. The zero-order chi connectivity index (χ0) is 13.0. The van der Waals surface area contributed by atoms with Crippen LogP contribution in [-0.4, -0.2) is 4.98 Å². The molecular weight excluding hydrogens is 224 g/mol. The molecule has 4 heteroatoms. The van der Waals surface area contributed by atoms with Gasteiger partial charge in [0.15, 0.2) is 0 Å². The van der Waals surface area contributed by atoms with E-state index < -0.39 is 0 Å². The minimum absolute atomic E-state index is 0.565. The monoisotopic (exact) mass is 238 g/mol. The van der Waals surface area contributed by atoms with E-state index in [9.17, 15) is 0 Å². The summed E-state index contributed by atoms with van der Waals surface area (Å²) in [7, 11) is 0. The first-order valence-electron chi connectivity index (χ1n) is 5.64. The fourth-order valence-corrected chi connectivity index (χ4v) is 1.59. The summed E-state index contributed by atoms with van der Waals surface area (Å²) < 4.78 is 0. The van der Waals surface area contributed by atoms with E-state index in [2.05, 4.69) is 16.4 Å². The first-order chi connectivity index (χ1) is 8.69. The number of benzene rings is 1. The molecule has 0 amide bonds. The number of nitrogens with one attached hydrogen (secondary N) is 1. The molecule has 0 atom stereocenters. The number of aromatic nitrogens is 1. The van der Waals surface area contributed by atoms with Gasteiger partial charge in [0.05, 0.1) is 23.0 Å². The molecule has 2 aromatic rings. The number of anilines is 2. The lowest BCUT2D eigenvalue weighted by Crippen LogP contribution is -2.03. The van der Waals surface area contributed by atoms with Gasteiger partial charge >= 0.3 is 0 Å². The van der Waals surface area contributed by atoms with Crippen molar-refractivity contribution < 1.29 is 0 Å². The zero-order valence-electron chi connectivity index (χ0n) is 10.1. The average Bonchev–Trinajstić information content (AvgIpc) is 2.39. The third-order valence-corrected chi connectivity index (χ3v) is 2.64. The number of aryl methyl sites for hydroxylation is 1. The van der Waals surface area contributed by atoms with Gasteiger partial charge in [0.2, 0.25) is 0 Å². The van der Waals surface area contributed by atoms with E-state index >= 15 is 0 Å². The second kappa shape index (κ2) is 5.19. The first kappa shape index (κ1) is 11.9. The van der Waals surface area contributed by atoms with Crippen LogP contribution in [0.5, 0.6) is 0 Å². The van der Waals surface area contributed by atoms with Gasteiger partial charge in [0.1, 0.15) is 0 Å². The number of nitrogen functional groups attached to an aromatic ring is 1. The van der Waals surface area contributed by atoms with Gasteiger partial charge in [-0.15, -0.1) is 0 Å². The lowest BCUT2D eigenvalue weighted by Gasteiger charge is -2.09. The van der Waals surface area contributed by atoms with Gasteiger partial charge in [0, 0.05) is 18.4 Å². The van der Waals surface area contributed by atoms with E-state index in [4.69, 9.17) is 11.0 Å². The first-order valence-corrected chi connectivity index (χ1v) is 5.64. The Labute approximate surface area is 106 Å². The molecule has 1 heterocycles. The number of nitriles is 1. The molecule has 0 spiro atoms. The van der Waals surface area contributed by atoms with Crippen molar-refractivity contribution in [3.63, 3.8) is 0 Å². The van der Waals surface area contributed by atoms with Crippen LogP contribution in [0.3, 0.4) is 0 Å². The van der Waals surface area contributed by atoms with Crippen molar-refractivity contribution in [2.24, 2.45) is 0 Å². The predicted octanol–water partition coefficient (Wildman–Crippen LogP) is 2.46. The number of hydrogen-bond donors (Lipinski definition) is 2. The van der Waals surface area contributed by atoms with Crippen LogP contribution in [-0.2, 0) is 6.54 Å². The summed E-state index contributed by atoms with van der Waals surface area (Å²) in [5.74, 6) is 0. The third kappa shape index (κ3) is 2.77. The number of pyridine rings is 1. The van der Waals surface area contributed by atoms with Crippen LogP contribution in [0.2, 0.25) is 0 Å². The molecule has 0 aliphatic heterocycles. The van der Waals surface area contributed by atoms with E-state index in [1.54, 1.807) is 12.1 Å². The summed E-state index contributed by atoms with van der Waals surface area (Å²) in [5.41, 5.74) is 9.91. The molecular formula is C14H14N4. The SMILES string of the molecule is Cc1ccc(CNc2ccc(C#N)cc2N)cn1. The number of hydrogen-bond acceptors (Lipinski definition) is 4. The lowest BCUT2D eigenvalue weighted by atomic mass is 10.2. The van der Waals surface area contributed by atoms with Crippen LogP contribution in [0, 0.1) is 18.3 Å². The highest BCUT2D eigenvalue weighted by molar-refractivity contribution is 5.68. The fourth-order valence-electron chi connectivity index (χ4n) is 1.59. The average molecular weight is 238 g/mol. The van der Waals surface area contributed by atoms with E-state index in [1.165, 1.54) is 0 Å². The molecule has 0 saturated carbocycles. The summed E-state index contributed by atoms with van der Waals surface area (Å²) in [6.45, 7) is 2.61. The smallest absolute Gasteiger partial charge is 0.0992 e. The summed E-state index contributed by atoms with van der Waals surface area (Å²) >= 11 is 0. The van der Waals surface area contributed by atoms with Crippen molar-refractivity contribution in [1.82, 2.24) is 4.98 Å². The van der Waals surface area contributed by atoms with Crippen LogP contribution >= 0.6 is 0 Å². The van der Waals surface area contributed by atoms with Gasteiger partial charge in [-0.2, -0.15) is 5.26 Å². The van der Waals surface area contributed by atoms with Gasteiger partial charge in [-0.25, -0.2) is 0 Å². The topological polar surface area (TPSA) is 74.7 Å². The predicted molar refractivity (Wildman–Crippen MR) is 71.9 cm³/mol. The summed E-state index contributed by atoms with van der Waals surface area (Å²) in [5, 5.41) is 12.0. The Bertz CT molecular complexity index is 582. The molecule has 1 aromatic carbocycles. The van der Waals surface area contributed by atoms with Gasteiger partial charge in [0.25, 0.3) is 0 Å². The molecule has 0 aliphatic carbocycles. The number of nitrogens with two attached hydrogens (primary N) is 1. The largest absolute Gasteiger partial charge is 0.397 e. The Morgan fingerprint density at radius 1 is 1.33 bits per heavy atom. The maximum atomic E-state index is 8.75. The van der Waals surface area contributed by atoms with E-state index in [-0.39, 0.29) is 0 Å². The molecule has 90 valence electrons. The Morgan fingerprint density at radius 3 is 2.78 bits per heavy atom. The molecule has 0 bridgehead atoms. The fraction of sp³-hybridized carbons (Fsp3) is 0.143. The Kier molecular flexibility index (Phi) is 3.44. The lowest BCUT2D eigenvalue weighted by molar-refractivity contribution is 1.09. The molecule has 0 unspecified atom stereocenters. The maximum absolute atomic E-state index is 8.75. The maximum Gasteiger partial charge on any atom is 0.0992 e. The van der Waals surface area contributed by atoms with Crippen molar-refractivity contribution in [3.05, 3.63) is 53.3 Å². The van der Waals surface area contributed by atoms with Gasteiger partial charge in [-0.1, -0.05) is 6.07 Å². The highest BCUT2D eigenvalue weighted by Gasteiger charge is 2.00. The van der Waals surface area contributed by atoms with Gasteiger partial charge in [-0.3, -0.25) is 4.98 Å². The molecule has 18 heavy (non-hydrogen) atoms. The number of nitrogens with zero attached hydrogens (tertiary/aromatic N) is 2. The highest BCUT2D eigenvalue weighted by Crippen LogP contribution is 2.20. The molecule has 0 fully saturated rings. The zero-order valence-corrected chi connectivity index (χ0v) is 10.1. The molecule has 0 aliphatic rings. The third-order valence-electron chi connectivity index (χ3n) is 2.64. The summed E-state index contributed by atoms with van der Waals surface area (Å²) in [6, 6.07) is 11.3. The summed E-state index contributed by atoms with van der Waals surface area (Å²) in [4.78, 5) is 4.23. The standard InChI is InChI=1S/C14H14N4/c1-10-2-3-12(8-17-10)9-18-14-5-4-11(7-15)6-13(14)16/h2-6,8,18H,9,16H2,1H3.